The SMILES string of the molecule is CC(CC(=O)Nc1nc(CN2CCCCC2)cs1)C1CCCNC1. The molecule has 0 aliphatic carbocycles. The number of aromatic nitrogens is 1. The number of nitrogens with one attached hydrogen (secondary N) is 2. The van der Waals surface area contributed by atoms with Crippen LogP contribution < -0.4 is 10.6 Å². The van der Waals surface area contributed by atoms with E-state index < -0.39 is 0 Å². The van der Waals surface area contributed by atoms with Crippen LogP contribution in [-0.4, -0.2) is 42.0 Å². The van der Waals surface area contributed by atoms with Crippen LogP contribution >= 0.6 is 11.3 Å². The Kier molecular flexibility index (Phi) is 6.63. The molecule has 1 aromatic heterocycles. The Morgan fingerprint density at radius 1 is 1.42 bits per heavy atom. The lowest BCUT2D eigenvalue weighted by Gasteiger charge is -2.27. The van der Waals surface area contributed by atoms with Gasteiger partial charge in [-0.1, -0.05) is 13.3 Å². The van der Waals surface area contributed by atoms with Crippen LogP contribution in [0.2, 0.25) is 0 Å². The van der Waals surface area contributed by atoms with Crippen molar-refractivity contribution in [2.45, 2.75) is 52.0 Å². The summed E-state index contributed by atoms with van der Waals surface area (Å²) in [4.78, 5) is 19.3. The molecular weight excluding hydrogens is 320 g/mol. The largest absolute Gasteiger partial charge is 0.316 e. The zero-order valence-electron chi connectivity index (χ0n) is 14.7. The quantitative estimate of drug-likeness (QED) is 0.828. The molecule has 0 bridgehead atoms. The van der Waals surface area contributed by atoms with Crippen molar-refractivity contribution in [3.63, 3.8) is 0 Å². The normalized spacial score (nSPS) is 23.8. The van der Waals surface area contributed by atoms with Crippen LogP contribution in [-0.2, 0) is 11.3 Å². The molecule has 0 saturated carbocycles. The highest BCUT2D eigenvalue weighted by molar-refractivity contribution is 7.13. The molecule has 3 heterocycles. The van der Waals surface area contributed by atoms with E-state index in [2.05, 4.69) is 32.8 Å². The van der Waals surface area contributed by atoms with Crippen molar-refractivity contribution in [2.24, 2.45) is 11.8 Å². The Labute approximate surface area is 149 Å². The fourth-order valence-electron chi connectivity index (χ4n) is 3.78. The minimum Gasteiger partial charge on any atom is -0.316 e. The van der Waals surface area contributed by atoms with Gasteiger partial charge in [0, 0.05) is 18.3 Å². The van der Waals surface area contributed by atoms with Crippen molar-refractivity contribution >= 4 is 22.4 Å². The second-order valence-corrected chi connectivity index (χ2v) is 8.17. The minimum atomic E-state index is 0.104. The molecule has 6 heteroatoms. The zero-order valence-corrected chi connectivity index (χ0v) is 15.5. The Morgan fingerprint density at radius 3 is 3.00 bits per heavy atom. The van der Waals surface area contributed by atoms with E-state index in [4.69, 9.17) is 0 Å². The monoisotopic (exact) mass is 350 g/mol. The second-order valence-electron chi connectivity index (χ2n) is 7.32. The third-order valence-corrected chi connectivity index (χ3v) is 6.09. The van der Waals surface area contributed by atoms with Crippen LogP contribution in [0.4, 0.5) is 5.13 Å². The van der Waals surface area contributed by atoms with Gasteiger partial charge in [-0.25, -0.2) is 4.98 Å². The van der Waals surface area contributed by atoms with E-state index in [0.29, 0.717) is 18.3 Å². The first-order chi connectivity index (χ1) is 11.7. The highest BCUT2D eigenvalue weighted by Gasteiger charge is 2.22. The summed E-state index contributed by atoms with van der Waals surface area (Å²) in [7, 11) is 0. The summed E-state index contributed by atoms with van der Waals surface area (Å²) < 4.78 is 0. The Bertz CT molecular complexity index is 521. The Balaban J connectivity index is 1.44. The predicted octanol–water partition coefficient (Wildman–Crippen LogP) is 3.09. The van der Waals surface area contributed by atoms with Crippen LogP contribution in [0.3, 0.4) is 0 Å². The van der Waals surface area contributed by atoms with Crippen LogP contribution in [0, 0.1) is 11.8 Å². The molecule has 5 nitrogen and oxygen atoms in total. The number of thiazole rings is 1. The lowest BCUT2D eigenvalue weighted by atomic mass is 9.85. The number of piperidine rings is 2. The van der Waals surface area contributed by atoms with E-state index in [0.717, 1.165) is 30.5 Å². The van der Waals surface area contributed by atoms with Crippen LogP contribution in [0.25, 0.3) is 0 Å². The zero-order chi connectivity index (χ0) is 16.8. The molecule has 1 aromatic rings. The molecule has 24 heavy (non-hydrogen) atoms. The molecule has 2 saturated heterocycles. The maximum absolute atomic E-state index is 12.3. The van der Waals surface area contributed by atoms with Crippen molar-refractivity contribution in [1.29, 1.82) is 0 Å². The number of rotatable bonds is 6. The fraction of sp³-hybridized carbons (Fsp3) is 0.778. The number of carbonyl (C=O) groups excluding carboxylic acids is 1. The van der Waals surface area contributed by atoms with Crippen LogP contribution in [0.5, 0.6) is 0 Å². The third kappa shape index (κ3) is 5.26. The standard InChI is InChI=1S/C18H30N4OS/c1-14(15-6-5-7-19-11-15)10-17(23)21-18-20-16(13-24-18)12-22-8-3-2-4-9-22/h13-15,19H,2-12H2,1H3,(H,20,21,23). The summed E-state index contributed by atoms with van der Waals surface area (Å²) in [5.74, 6) is 1.15. The maximum Gasteiger partial charge on any atom is 0.226 e. The first kappa shape index (κ1) is 17.8. The molecule has 2 aliphatic heterocycles. The molecule has 1 amide bonds. The lowest BCUT2D eigenvalue weighted by molar-refractivity contribution is -0.117. The minimum absolute atomic E-state index is 0.104. The highest BCUT2D eigenvalue weighted by atomic mass is 32.1. The van der Waals surface area contributed by atoms with Crippen LogP contribution in [0.15, 0.2) is 5.38 Å². The molecule has 134 valence electrons. The number of anilines is 1. The predicted molar refractivity (Wildman–Crippen MR) is 99.2 cm³/mol. The maximum atomic E-state index is 12.3. The van der Waals surface area contributed by atoms with Gasteiger partial charge in [-0.2, -0.15) is 0 Å². The Morgan fingerprint density at radius 2 is 2.25 bits per heavy atom. The molecule has 0 spiro atoms. The first-order valence-corrected chi connectivity index (χ1v) is 10.3. The van der Waals surface area contributed by atoms with E-state index in [1.165, 1.54) is 45.2 Å². The number of hydrogen-bond acceptors (Lipinski definition) is 5. The van der Waals surface area contributed by atoms with E-state index in [-0.39, 0.29) is 5.91 Å². The molecule has 0 aromatic carbocycles. The van der Waals surface area contributed by atoms with E-state index >= 15 is 0 Å². The second kappa shape index (κ2) is 8.92. The van der Waals surface area contributed by atoms with Crippen molar-refractivity contribution in [3.8, 4) is 0 Å². The van der Waals surface area contributed by atoms with Gasteiger partial charge in [0.15, 0.2) is 5.13 Å². The summed E-state index contributed by atoms with van der Waals surface area (Å²) in [6.45, 7) is 7.62. The van der Waals surface area contributed by atoms with Crippen molar-refractivity contribution < 1.29 is 4.79 Å². The Hall–Kier alpha value is -0.980. The van der Waals surface area contributed by atoms with Gasteiger partial charge >= 0.3 is 0 Å². The first-order valence-electron chi connectivity index (χ1n) is 9.38. The fourth-order valence-corrected chi connectivity index (χ4v) is 4.50. The molecule has 0 radical (unpaired) electrons. The number of hydrogen-bond donors (Lipinski definition) is 2. The van der Waals surface area contributed by atoms with Gasteiger partial charge in [-0.3, -0.25) is 9.69 Å². The molecule has 2 unspecified atom stereocenters. The summed E-state index contributed by atoms with van der Waals surface area (Å²) in [5, 5.41) is 9.27. The molecule has 2 N–H and O–H groups in total. The molecule has 2 fully saturated rings. The molecule has 3 rings (SSSR count). The van der Waals surface area contributed by atoms with Gasteiger partial charge in [0.05, 0.1) is 5.69 Å². The van der Waals surface area contributed by atoms with E-state index in [1.807, 2.05) is 0 Å². The number of amides is 1. The van der Waals surface area contributed by atoms with Gasteiger partial charge in [0.25, 0.3) is 0 Å². The number of likely N-dealkylation sites (tertiary alicyclic amines) is 1. The van der Waals surface area contributed by atoms with Crippen molar-refractivity contribution in [2.75, 3.05) is 31.5 Å². The van der Waals surface area contributed by atoms with Gasteiger partial charge in [-0.15, -0.1) is 11.3 Å². The average molecular weight is 351 g/mol. The molecule has 2 atom stereocenters. The summed E-state index contributed by atoms with van der Waals surface area (Å²) in [5.41, 5.74) is 1.08. The molecule has 2 aliphatic rings. The topological polar surface area (TPSA) is 57.3 Å². The smallest absolute Gasteiger partial charge is 0.226 e. The summed E-state index contributed by atoms with van der Waals surface area (Å²) >= 11 is 1.55. The lowest BCUT2D eigenvalue weighted by Crippen LogP contribution is -2.34. The number of carbonyl (C=O) groups is 1. The third-order valence-electron chi connectivity index (χ3n) is 5.28. The highest BCUT2D eigenvalue weighted by Crippen LogP contribution is 2.24. The van der Waals surface area contributed by atoms with Crippen LogP contribution in [0.1, 0.15) is 51.1 Å². The summed E-state index contributed by atoms with van der Waals surface area (Å²) in [6, 6.07) is 0. The van der Waals surface area contributed by atoms with E-state index in [9.17, 15) is 4.79 Å². The van der Waals surface area contributed by atoms with Gasteiger partial charge in [-0.05, 0) is 63.7 Å². The number of nitrogens with zero attached hydrogens (tertiary/aromatic N) is 2. The van der Waals surface area contributed by atoms with E-state index in [1.54, 1.807) is 11.3 Å². The van der Waals surface area contributed by atoms with Gasteiger partial charge < -0.3 is 10.6 Å². The molecular formula is C18H30N4OS. The summed E-state index contributed by atoms with van der Waals surface area (Å²) in [6.07, 6.45) is 6.99. The van der Waals surface area contributed by atoms with Gasteiger partial charge in [0.2, 0.25) is 5.91 Å². The van der Waals surface area contributed by atoms with Crippen molar-refractivity contribution in [1.82, 2.24) is 15.2 Å². The average Bonchev–Trinajstić information content (AvgIpc) is 3.03. The van der Waals surface area contributed by atoms with Crippen molar-refractivity contribution in [3.05, 3.63) is 11.1 Å². The van der Waals surface area contributed by atoms with Gasteiger partial charge in [0.1, 0.15) is 0 Å².